The van der Waals surface area contributed by atoms with E-state index in [0.29, 0.717) is 11.8 Å². The molecule has 1 aromatic carbocycles. The molecule has 2 aromatic rings. The van der Waals surface area contributed by atoms with Gasteiger partial charge in [-0.05, 0) is 37.8 Å². The van der Waals surface area contributed by atoms with Crippen LogP contribution in [0.15, 0.2) is 18.2 Å². The number of rotatable bonds is 4. The van der Waals surface area contributed by atoms with Crippen molar-refractivity contribution in [1.29, 1.82) is 0 Å². The lowest BCUT2D eigenvalue weighted by molar-refractivity contribution is -0.921. The summed E-state index contributed by atoms with van der Waals surface area (Å²) in [5, 5.41) is 12.1. The van der Waals surface area contributed by atoms with Gasteiger partial charge in [-0.3, -0.25) is 0 Å². The molecule has 1 aliphatic heterocycles. The second-order valence-corrected chi connectivity index (χ2v) is 8.26. The van der Waals surface area contributed by atoms with E-state index >= 15 is 0 Å². The molecule has 5 heteroatoms. The van der Waals surface area contributed by atoms with Crippen LogP contribution in [0.4, 0.5) is 5.69 Å². The average Bonchev–Trinajstić information content (AvgIpc) is 2.72. The Morgan fingerprint density at radius 3 is 2.67 bits per heavy atom. The van der Waals surface area contributed by atoms with Crippen LogP contribution in [0.5, 0.6) is 5.75 Å². The van der Waals surface area contributed by atoms with E-state index in [1.165, 1.54) is 37.0 Å². The SMILES string of the molecule is Cc1[nH+]c2ccc(N3CCOCC3)cc2c(O)c1C[NH+](C)C1CCCCC1. The number of aromatic nitrogens is 1. The molecule has 3 N–H and O–H groups in total. The van der Waals surface area contributed by atoms with Gasteiger partial charge in [0.2, 0.25) is 5.52 Å². The number of anilines is 1. The van der Waals surface area contributed by atoms with Crippen LogP contribution in [0.2, 0.25) is 0 Å². The lowest BCUT2D eigenvalue weighted by atomic mass is 9.94. The van der Waals surface area contributed by atoms with E-state index < -0.39 is 0 Å². The molecule has 0 spiro atoms. The smallest absolute Gasteiger partial charge is 0.214 e. The number of aryl methyl sites for hydroxylation is 1. The maximum Gasteiger partial charge on any atom is 0.214 e. The number of hydrogen-bond donors (Lipinski definition) is 2. The molecule has 1 aromatic heterocycles. The average molecular weight is 372 g/mol. The zero-order chi connectivity index (χ0) is 18.8. The molecule has 0 radical (unpaired) electrons. The highest BCUT2D eigenvalue weighted by atomic mass is 16.5. The summed E-state index contributed by atoms with van der Waals surface area (Å²) in [6, 6.07) is 7.08. The maximum atomic E-state index is 11.1. The van der Waals surface area contributed by atoms with E-state index in [1.54, 1.807) is 0 Å². The number of quaternary nitrogens is 1. The van der Waals surface area contributed by atoms with Crippen LogP contribution in [0.25, 0.3) is 10.9 Å². The molecule has 1 aliphatic carbocycles. The van der Waals surface area contributed by atoms with E-state index in [-0.39, 0.29) is 0 Å². The van der Waals surface area contributed by atoms with E-state index in [4.69, 9.17) is 4.74 Å². The molecule has 1 unspecified atom stereocenters. The van der Waals surface area contributed by atoms with E-state index in [9.17, 15) is 5.11 Å². The number of morpholine rings is 1. The molecule has 27 heavy (non-hydrogen) atoms. The Hall–Kier alpha value is -1.85. The number of fused-ring (bicyclic) bond motifs is 1. The van der Waals surface area contributed by atoms with Gasteiger partial charge in [0.1, 0.15) is 17.9 Å². The predicted octanol–water partition coefficient (Wildman–Crippen LogP) is 1.85. The Bertz CT molecular complexity index is 796. The number of pyridine rings is 1. The summed E-state index contributed by atoms with van der Waals surface area (Å²) in [7, 11) is 2.28. The van der Waals surface area contributed by atoms with Crippen LogP contribution in [0, 0.1) is 6.92 Å². The molecule has 2 aliphatic rings. The number of aromatic hydroxyl groups is 1. The zero-order valence-corrected chi connectivity index (χ0v) is 16.7. The molecule has 0 amide bonds. The van der Waals surface area contributed by atoms with Gasteiger partial charge in [-0.2, -0.15) is 0 Å². The van der Waals surface area contributed by atoms with Crippen LogP contribution in [0.1, 0.15) is 43.4 Å². The first-order valence-corrected chi connectivity index (χ1v) is 10.5. The zero-order valence-electron chi connectivity index (χ0n) is 16.7. The number of nitrogens with one attached hydrogen (secondary N) is 2. The minimum absolute atomic E-state index is 0.450. The van der Waals surface area contributed by atoms with Crippen LogP contribution < -0.4 is 14.8 Å². The maximum absolute atomic E-state index is 11.1. The highest BCUT2D eigenvalue weighted by Crippen LogP contribution is 2.31. The molecule has 1 saturated carbocycles. The van der Waals surface area contributed by atoms with Crippen molar-refractivity contribution >= 4 is 16.6 Å². The number of H-pyrrole nitrogens is 1. The minimum Gasteiger partial charge on any atom is -0.506 e. The Balaban J connectivity index is 1.63. The number of benzene rings is 1. The fourth-order valence-electron chi connectivity index (χ4n) is 4.71. The van der Waals surface area contributed by atoms with Crippen molar-refractivity contribution < 1.29 is 19.7 Å². The molecular formula is C22H33N3O2+2. The van der Waals surface area contributed by atoms with Crippen LogP contribution in [0.3, 0.4) is 0 Å². The van der Waals surface area contributed by atoms with Gasteiger partial charge >= 0.3 is 0 Å². The number of aromatic amines is 1. The van der Waals surface area contributed by atoms with Gasteiger partial charge in [0, 0.05) is 31.8 Å². The highest BCUT2D eigenvalue weighted by molar-refractivity contribution is 5.87. The lowest BCUT2D eigenvalue weighted by Crippen LogP contribution is -3.11. The Morgan fingerprint density at radius 2 is 1.93 bits per heavy atom. The van der Waals surface area contributed by atoms with Gasteiger partial charge in [-0.25, -0.2) is 4.98 Å². The standard InChI is InChI=1S/C22H31N3O2/c1-16-20(15-24(2)17-6-4-3-5-7-17)22(26)19-14-18(8-9-21(19)23-16)25-10-12-27-13-11-25/h8-9,14,17H,3-7,10-13,15H2,1-2H3,(H,23,26)/p+2. The van der Waals surface area contributed by atoms with Crippen molar-refractivity contribution in [2.75, 3.05) is 38.3 Å². The Kier molecular flexibility index (Phi) is 5.50. The van der Waals surface area contributed by atoms with Gasteiger partial charge in [-0.1, -0.05) is 6.42 Å². The molecule has 1 atom stereocenters. The minimum atomic E-state index is 0.450. The summed E-state index contributed by atoms with van der Waals surface area (Å²) in [5.74, 6) is 0.450. The third kappa shape index (κ3) is 3.90. The fraction of sp³-hybridized carbons (Fsp3) is 0.591. The van der Waals surface area contributed by atoms with E-state index in [1.807, 2.05) is 0 Å². The van der Waals surface area contributed by atoms with Gasteiger partial charge in [-0.15, -0.1) is 0 Å². The molecule has 4 rings (SSSR count). The molecule has 1 saturated heterocycles. The van der Waals surface area contributed by atoms with Gasteiger partial charge < -0.3 is 19.6 Å². The van der Waals surface area contributed by atoms with Crippen LogP contribution >= 0.6 is 0 Å². The molecular weight excluding hydrogens is 338 g/mol. The molecule has 2 fully saturated rings. The summed E-state index contributed by atoms with van der Waals surface area (Å²) in [6.07, 6.45) is 6.69. The number of hydrogen-bond acceptors (Lipinski definition) is 3. The van der Waals surface area contributed by atoms with Gasteiger partial charge in [0.15, 0.2) is 5.69 Å². The van der Waals surface area contributed by atoms with Crippen molar-refractivity contribution in [3.05, 3.63) is 29.5 Å². The summed E-state index contributed by atoms with van der Waals surface area (Å²) >= 11 is 0. The normalized spacial score (nSPS) is 20.1. The van der Waals surface area contributed by atoms with Gasteiger partial charge in [0.05, 0.1) is 31.7 Å². The third-order valence-corrected chi connectivity index (χ3v) is 6.45. The lowest BCUT2D eigenvalue weighted by Gasteiger charge is -2.29. The first kappa shape index (κ1) is 18.5. The summed E-state index contributed by atoms with van der Waals surface area (Å²) in [5.41, 5.74) is 4.30. The Morgan fingerprint density at radius 1 is 1.19 bits per heavy atom. The molecule has 0 bridgehead atoms. The summed E-state index contributed by atoms with van der Waals surface area (Å²) in [6.45, 7) is 6.30. The van der Waals surface area contributed by atoms with Crippen LogP contribution in [-0.2, 0) is 11.3 Å². The van der Waals surface area contributed by atoms with Crippen molar-refractivity contribution in [1.82, 2.24) is 0 Å². The van der Waals surface area contributed by atoms with Crippen molar-refractivity contribution in [3.8, 4) is 5.75 Å². The molecule has 146 valence electrons. The van der Waals surface area contributed by atoms with Crippen molar-refractivity contribution in [3.63, 3.8) is 0 Å². The quantitative estimate of drug-likeness (QED) is 0.862. The van der Waals surface area contributed by atoms with E-state index in [0.717, 1.165) is 60.7 Å². The first-order chi connectivity index (χ1) is 13.1. The predicted molar refractivity (Wildman–Crippen MR) is 107 cm³/mol. The van der Waals surface area contributed by atoms with Crippen molar-refractivity contribution in [2.24, 2.45) is 0 Å². The monoisotopic (exact) mass is 371 g/mol. The van der Waals surface area contributed by atoms with Gasteiger partial charge in [0.25, 0.3) is 0 Å². The highest BCUT2D eigenvalue weighted by Gasteiger charge is 2.26. The summed E-state index contributed by atoms with van der Waals surface area (Å²) < 4.78 is 5.47. The van der Waals surface area contributed by atoms with Crippen LogP contribution in [-0.4, -0.2) is 44.5 Å². The molecule has 5 nitrogen and oxygen atoms in total. The van der Waals surface area contributed by atoms with E-state index in [2.05, 4.69) is 42.1 Å². The summed E-state index contributed by atoms with van der Waals surface area (Å²) in [4.78, 5) is 7.37. The largest absolute Gasteiger partial charge is 0.506 e. The second kappa shape index (κ2) is 8.03. The number of ether oxygens (including phenoxy) is 1. The Labute approximate surface area is 161 Å². The second-order valence-electron chi connectivity index (χ2n) is 8.26. The van der Waals surface area contributed by atoms with Crippen molar-refractivity contribution in [2.45, 2.75) is 51.6 Å². The topological polar surface area (TPSA) is 51.3 Å². The first-order valence-electron chi connectivity index (χ1n) is 10.5. The fourth-order valence-corrected chi connectivity index (χ4v) is 4.71. The third-order valence-electron chi connectivity index (χ3n) is 6.45. The molecule has 2 heterocycles. The number of nitrogens with zero attached hydrogens (tertiary/aromatic N) is 1.